The molecule has 8 heteroatoms. The van der Waals surface area contributed by atoms with Gasteiger partial charge in [-0.15, -0.1) is 11.8 Å². The zero-order valence-corrected chi connectivity index (χ0v) is 14.8. The zero-order valence-electron chi connectivity index (χ0n) is 14.0. The largest absolute Gasteiger partial charge is 0.337 e. The Hall–Kier alpha value is -1.12. The van der Waals surface area contributed by atoms with E-state index in [2.05, 4.69) is 27.4 Å². The summed E-state index contributed by atoms with van der Waals surface area (Å²) in [5, 5.41) is 7.54. The molecule has 23 heavy (non-hydrogen) atoms. The number of carbonyl (C=O) groups excluding carboxylic acids is 1. The number of thioether (sulfide) groups is 1. The first kappa shape index (κ1) is 16.7. The Bertz CT molecular complexity index is 552. The SMILES string of the molecule is CCC(C)C(=O)N1CSCC1c1nc(C2CNCCN2C)no1. The van der Waals surface area contributed by atoms with Crippen molar-refractivity contribution < 1.29 is 9.32 Å². The minimum Gasteiger partial charge on any atom is -0.337 e. The molecule has 1 N–H and O–H groups in total. The van der Waals surface area contributed by atoms with Crippen LogP contribution in [-0.2, 0) is 4.79 Å². The number of nitrogens with zero attached hydrogens (tertiary/aromatic N) is 4. The molecule has 3 unspecified atom stereocenters. The van der Waals surface area contributed by atoms with Gasteiger partial charge in [0.25, 0.3) is 0 Å². The summed E-state index contributed by atoms with van der Waals surface area (Å²) in [7, 11) is 2.08. The van der Waals surface area contributed by atoms with Gasteiger partial charge in [0.1, 0.15) is 6.04 Å². The summed E-state index contributed by atoms with van der Waals surface area (Å²) in [4.78, 5) is 21.3. The van der Waals surface area contributed by atoms with Crippen LogP contribution in [0.3, 0.4) is 0 Å². The maximum Gasteiger partial charge on any atom is 0.250 e. The van der Waals surface area contributed by atoms with Crippen LogP contribution in [0.15, 0.2) is 4.52 Å². The van der Waals surface area contributed by atoms with Crippen molar-refractivity contribution in [2.45, 2.75) is 32.4 Å². The molecular weight excluding hydrogens is 314 g/mol. The lowest BCUT2D eigenvalue weighted by atomic mass is 10.1. The van der Waals surface area contributed by atoms with Crippen molar-refractivity contribution in [2.24, 2.45) is 5.92 Å². The molecule has 2 aliphatic rings. The maximum atomic E-state index is 12.5. The van der Waals surface area contributed by atoms with Crippen LogP contribution >= 0.6 is 11.8 Å². The number of hydrogen-bond donors (Lipinski definition) is 1. The summed E-state index contributed by atoms with van der Waals surface area (Å²) in [6.45, 7) is 6.78. The molecule has 3 atom stereocenters. The molecular formula is C15H25N5O2S. The number of nitrogens with one attached hydrogen (secondary N) is 1. The van der Waals surface area contributed by atoms with E-state index in [-0.39, 0.29) is 23.9 Å². The lowest BCUT2D eigenvalue weighted by Crippen LogP contribution is -2.44. The molecule has 2 fully saturated rings. The lowest BCUT2D eigenvalue weighted by molar-refractivity contribution is -0.136. The first-order chi connectivity index (χ1) is 11.1. The summed E-state index contributed by atoms with van der Waals surface area (Å²) in [5.41, 5.74) is 0. The normalized spacial score (nSPS) is 27.3. The van der Waals surface area contributed by atoms with E-state index in [9.17, 15) is 4.79 Å². The van der Waals surface area contributed by atoms with Crippen LogP contribution < -0.4 is 5.32 Å². The minimum atomic E-state index is -0.0930. The van der Waals surface area contributed by atoms with E-state index in [0.29, 0.717) is 17.6 Å². The van der Waals surface area contributed by atoms with Gasteiger partial charge in [0, 0.05) is 31.3 Å². The Kier molecular flexibility index (Phi) is 5.23. The van der Waals surface area contributed by atoms with Crippen molar-refractivity contribution >= 4 is 17.7 Å². The van der Waals surface area contributed by atoms with Gasteiger partial charge < -0.3 is 14.7 Å². The molecule has 0 bridgehead atoms. The molecule has 0 spiro atoms. The van der Waals surface area contributed by atoms with Crippen molar-refractivity contribution in [3.8, 4) is 0 Å². The fourth-order valence-electron chi connectivity index (χ4n) is 2.93. The summed E-state index contributed by atoms with van der Waals surface area (Å²) >= 11 is 1.74. The number of piperazine rings is 1. The third-order valence-corrected chi connectivity index (χ3v) is 5.76. The van der Waals surface area contributed by atoms with Crippen molar-refractivity contribution in [1.82, 2.24) is 25.3 Å². The molecule has 2 saturated heterocycles. The fraction of sp³-hybridized carbons (Fsp3) is 0.800. The smallest absolute Gasteiger partial charge is 0.250 e. The van der Waals surface area contributed by atoms with Gasteiger partial charge in [-0.25, -0.2) is 0 Å². The third-order valence-electron chi connectivity index (χ3n) is 4.75. The Morgan fingerprint density at radius 3 is 3.09 bits per heavy atom. The highest BCUT2D eigenvalue weighted by molar-refractivity contribution is 7.99. The van der Waals surface area contributed by atoms with Crippen molar-refractivity contribution in [3.05, 3.63) is 11.7 Å². The predicted octanol–water partition coefficient (Wildman–Crippen LogP) is 1.27. The third kappa shape index (κ3) is 3.39. The van der Waals surface area contributed by atoms with Crippen LogP contribution in [0.4, 0.5) is 0 Å². The monoisotopic (exact) mass is 339 g/mol. The van der Waals surface area contributed by atoms with E-state index in [1.54, 1.807) is 11.8 Å². The van der Waals surface area contributed by atoms with E-state index >= 15 is 0 Å². The topological polar surface area (TPSA) is 74.5 Å². The number of aromatic nitrogens is 2. The fourth-order valence-corrected chi connectivity index (χ4v) is 4.09. The Morgan fingerprint density at radius 2 is 2.35 bits per heavy atom. The highest BCUT2D eigenvalue weighted by atomic mass is 32.2. The first-order valence-corrected chi connectivity index (χ1v) is 9.40. The van der Waals surface area contributed by atoms with E-state index in [1.807, 2.05) is 18.7 Å². The van der Waals surface area contributed by atoms with Crippen LogP contribution in [-0.4, -0.2) is 64.2 Å². The van der Waals surface area contributed by atoms with Crippen LogP contribution in [0, 0.1) is 5.92 Å². The number of amides is 1. The average Bonchev–Trinajstić information content (AvgIpc) is 3.22. The highest BCUT2D eigenvalue weighted by Gasteiger charge is 2.37. The summed E-state index contributed by atoms with van der Waals surface area (Å²) < 4.78 is 5.52. The molecule has 2 aliphatic heterocycles. The second-order valence-electron chi connectivity index (χ2n) is 6.32. The van der Waals surface area contributed by atoms with Gasteiger partial charge in [0.05, 0.1) is 11.9 Å². The van der Waals surface area contributed by atoms with Crippen LogP contribution in [0.5, 0.6) is 0 Å². The number of carbonyl (C=O) groups is 1. The summed E-state index contributed by atoms with van der Waals surface area (Å²) in [5.74, 6) is 3.02. The van der Waals surface area contributed by atoms with E-state index < -0.39 is 0 Å². The molecule has 7 nitrogen and oxygen atoms in total. The quantitative estimate of drug-likeness (QED) is 0.885. The molecule has 3 rings (SSSR count). The molecule has 0 radical (unpaired) electrons. The van der Waals surface area contributed by atoms with Gasteiger partial charge in [-0.05, 0) is 13.5 Å². The lowest BCUT2D eigenvalue weighted by Gasteiger charge is -2.30. The molecule has 0 aliphatic carbocycles. The molecule has 1 amide bonds. The molecule has 1 aromatic heterocycles. The number of hydrogen-bond acceptors (Lipinski definition) is 7. The molecule has 1 aromatic rings. The van der Waals surface area contributed by atoms with E-state index in [0.717, 1.165) is 31.8 Å². The standard InChI is InChI=1S/C15H25N5O2S/c1-4-10(2)15(21)20-9-23-8-12(20)14-17-13(18-22-14)11-7-16-5-6-19(11)3/h10-12,16H,4-9H2,1-3H3. The van der Waals surface area contributed by atoms with Crippen molar-refractivity contribution in [2.75, 3.05) is 38.3 Å². The highest BCUT2D eigenvalue weighted by Crippen LogP contribution is 2.34. The van der Waals surface area contributed by atoms with Crippen molar-refractivity contribution in [3.63, 3.8) is 0 Å². The van der Waals surface area contributed by atoms with Gasteiger partial charge in [-0.2, -0.15) is 4.98 Å². The second kappa shape index (κ2) is 7.19. The van der Waals surface area contributed by atoms with Gasteiger partial charge in [-0.1, -0.05) is 19.0 Å². The molecule has 0 aromatic carbocycles. The van der Waals surface area contributed by atoms with Gasteiger partial charge in [0.15, 0.2) is 5.82 Å². The van der Waals surface area contributed by atoms with Crippen LogP contribution in [0.2, 0.25) is 0 Å². The Morgan fingerprint density at radius 1 is 1.52 bits per heavy atom. The van der Waals surface area contributed by atoms with Gasteiger partial charge in [0.2, 0.25) is 11.8 Å². The first-order valence-electron chi connectivity index (χ1n) is 8.24. The van der Waals surface area contributed by atoms with Gasteiger partial charge in [-0.3, -0.25) is 9.69 Å². The molecule has 3 heterocycles. The number of rotatable bonds is 4. The number of likely N-dealkylation sites (N-methyl/N-ethyl adjacent to an activating group) is 1. The minimum absolute atomic E-state index is 0.0345. The second-order valence-corrected chi connectivity index (χ2v) is 7.32. The van der Waals surface area contributed by atoms with E-state index in [1.165, 1.54) is 0 Å². The van der Waals surface area contributed by atoms with Gasteiger partial charge >= 0.3 is 0 Å². The van der Waals surface area contributed by atoms with E-state index in [4.69, 9.17) is 4.52 Å². The summed E-state index contributed by atoms with van der Waals surface area (Å²) in [6.07, 6.45) is 0.848. The Balaban J connectivity index is 1.75. The molecule has 0 saturated carbocycles. The van der Waals surface area contributed by atoms with Crippen LogP contribution in [0.1, 0.15) is 44.1 Å². The van der Waals surface area contributed by atoms with Crippen LogP contribution in [0.25, 0.3) is 0 Å². The summed E-state index contributed by atoms with van der Waals surface area (Å²) in [6, 6.07) is 0.0404. The molecule has 128 valence electrons. The zero-order chi connectivity index (χ0) is 16.4. The Labute approximate surface area is 141 Å². The average molecular weight is 339 g/mol. The van der Waals surface area contributed by atoms with Crippen molar-refractivity contribution in [1.29, 1.82) is 0 Å². The maximum absolute atomic E-state index is 12.5. The predicted molar refractivity (Wildman–Crippen MR) is 88.9 cm³/mol.